The van der Waals surface area contributed by atoms with Gasteiger partial charge in [0.15, 0.2) is 18.9 Å². The number of nitrogens with one attached hydrogen (secondary N) is 1. The van der Waals surface area contributed by atoms with Gasteiger partial charge in [0.05, 0.1) is 38.6 Å². The average molecular weight is 1240 g/mol. The number of carbonyl (C=O) groups excluding carboxylic acids is 1. The van der Waals surface area contributed by atoms with Gasteiger partial charge in [0, 0.05) is 6.42 Å². The van der Waals surface area contributed by atoms with Crippen LogP contribution in [-0.2, 0) is 33.2 Å². The van der Waals surface area contributed by atoms with Crippen molar-refractivity contribution in [3.05, 3.63) is 72.9 Å². The van der Waals surface area contributed by atoms with Crippen molar-refractivity contribution < 1.29 is 89.4 Å². The molecule has 0 bridgehead atoms. The van der Waals surface area contributed by atoms with Crippen LogP contribution in [-0.4, -0.2) is 193 Å². The Kier molecular flexibility index (Phi) is 45.0. The van der Waals surface area contributed by atoms with E-state index in [0.717, 1.165) is 103 Å². The van der Waals surface area contributed by atoms with Crippen LogP contribution in [0.3, 0.4) is 0 Å². The molecule has 0 aromatic carbocycles. The maximum Gasteiger partial charge on any atom is 0.220 e. The first-order valence-corrected chi connectivity index (χ1v) is 33.7. The zero-order valence-electron chi connectivity index (χ0n) is 53.0. The highest BCUT2D eigenvalue weighted by Crippen LogP contribution is 2.33. The van der Waals surface area contributed by atoms with E-state index in [4.69, 9.17) is 28.4 Å². The third-order valence-corrected chi connectivity index (χ3v) is 16.5. The Morgan fingerprint density at radius 3 is 1.24 bits per heavy atom. The minimum atomic E-state index is -1.98. The van der Waals surface area contributed by atoms with E-state index in [1.54, 1.807) is 6.08 Å². The maximum absolute atomic E-state index is 13.4. The zero-order valence-corrected chi connectivity index (χ0v) is 53.0. The van der Waals surface area contributed by atoms with Gasteiger partial charge in [0.25, 0.3) is 0 Å². The molecule has 0 spiro atoms. The summed E-state index contributed by atoms with van der Waals surface area (Å²) in [5.74, 6) is -0.289. The standard InChI is InChI=1S/C68H119NO18/c1-3-5-7-9-11-13-15-17-19-21-23-24-25-26-28-30-32-34-36-38-40-42-44-46-56(74)69-51(52(73)45-43-41-39-37-35-33-31-29-27-22-20-18-16-14-12-10-8-6-4-2)50-82-66-62(80)59(77)64(54(48-71)84-66)87-68-63(81)60(78)65(55(49-72)85-68)86-67-61(79)58(76)57(75)53(47-70)83-67/h5,7,11,13,17,19,23-24,26,28,43,45,51-55,57-68,70-73,75-81H,3-4,6,8-10,12,14-16,18,20-22,25,27,29-42,44,46-50H2,1-2H3,(H,69,74)/b7-5-,13-11-,19-17-,24-23-,28-26-,45-43+. The molecular formula is C68H119NO18. The summed E-state index contributed by atoms with van der Waals surface area (Å²) in [7, 11) is 0. The number of allylic oxidation sites excluding steroid dienone is 11. The number of hydrogen-bond acceptors (Lipinski definition) is 18. The zero-order chi connectivity index (χ0) is 63.3. The molecule has 0 aromatic rings. The molecule has 19 heteroatoms. The van der Waals surface area contributed by atoms with Crippen LogP contribution >= 0.6 is 0 Å². The molecule has 3 rings (SSSR count). The van der Waals surface area contributed by atoms with Crippen LogP contribution in [0.5, 0.6) is 0 Å². The number of ether oxygens (including phenoxy) is 6. The van der Waals surface area contributed by atoms with Gasteiger partial charge >= 0.3 is 0 Å². The first-order valence-electron chi connectivity index (χ1n) is 33.7. The van der Waals surface area contributed by atoms with Crippen LogP contribution in [0.1, 0.15) is 219 Å². The molecule has 0 aromatic heterocycles. The SMILES string of the molecule is CC/C=C\C/C=C\C/C=C\C/C=C\C/C=C\CCCCCCCCCC(=O)NC(COC1OC(CO)C(OC2OC(CO)C(OC3OC(CO)C(O)C(O)C3O)C(O)C2O)C(O)C1O)C(O)/C=C/CCCCCCCCCCCCCCCCCCC. The molecule has 19 nitrogen and oxygen atoms in total. The monoisotopic (exact) mass is 1240 g/mol. The second-order valence-corrected chi connectivity index (χ2v) is 23.9. The quantitative estimate of drug-likeness (QED) is 0.0202. The number of carbonyl (C=O) groups is 1. The van der Waals surface area contributed by atoms with Crippen molar-refractivity contribution in [3.8, 4) is 0 Å². The molecule has 0 radical (unpaired) electrons. The second-order valence-electron chi connectivity index (χ2n) is 23.9. The lowest BCUT2D eigenvalue weighted by atomic mass is 9.96. The average Bonchev–Trinajstić information content (AvgIpc) is 2.58. The lowest BCUT2D eigenvalue weighted by molar-refractivity contribution is -0.379. The van der Waals surface area contributed by atoms with Crippen LogP contribution in [0.15, 0.2) is 72.9 Å². The van der Waals surface area contributed by atoms with Gasteiger partial charge in [-0.05, 0) is 64.2 Å². The molecule has 3 heterocycles. The van der Waals surface area contributed by atoms with Gasteiger partial charge in [-0.2, -0.15) is 0 Å². The number of hydrogen-bond donors (Lipinski definition) is 12. The Morgan fingerprint density at radius 1 is 0.425 bits per heavy atom. The topological polar surface area (TPSA) is 307 Å². The summed E-state index contributed by atoms with van der Waals surface area (Å²) in [4.78, 5) is 13.4. The fourth-order valence-electron chi connectivity index (χ4n) is 11.0. The third kappa shape index (κ3) is 32.4. The van der Waals surface area contributed by atoms with E-state index < -0.39 is 124 Å². The van der Waals surface area contributed by atoms with Crippen molar-refractivity contribution in [1.29, 1.82) is 0 Å². The molecule has 3 aliphatic heterocycles. The van der Waals surface area contributed by atoms with Crippen LogP contribution in [0.4, 0.5) is 0 Å². The lowest BCUT2D eigenvalue weighted by Crippen LogP contribution is -2.66. The largest absolute Gasteiger partial charge is 0.394 e. The van der Waals surface area contributed by atoms with E-state index in [-0.39, 0.29) is 18.9 Å². The first-order chi connectivity index (χ1) is 42.3. The van der Waals surface area contributed by atoms with E-state index in [1.807, 2.05) is 6.08 Å². The highest BCUT2D eigenvalue weighted by molar-refractivity contribution is 5.76. The summed E-state index contributed by atoms with van der Waals surface area (Å²) in [5.41, 5.74) is 0. The Balaban J connectivity index is 1.47. The maximum atomic E-state index is 13.4. The van der Waals surface area contributed by atoms with Crippen molar-refractivity contribution in [2.24, 2.45) is 0 Å². The van der Waals surface area contributed by atoms with Crippen LogP contribution in [0, 0.1) is 0 Å². The van der Waals surface area contributed by atoms with Crippen molar-refractivity contribution >= 4 is 5.91 Å². The van der Waals surface area contributed by atoms with Crippen LogP contribution in [0.2, 0.25) is 0 Å². The van der Waals surface area contributed by atoms with Crippen molar-refractivity contribution in [1.82, 2.24) is 5.32 Å². The van der Waals surface area contributed by atoms with Crippen molar-refractivity contribution in [3.63, 3.8) is 0 Å². The predicted molar refractivity (Wildman–Crippen MR) is 337 cm³/mol. The highest BCUT2D eigenvalue weighted by atomic mass is 16.8. The third-order valence-electron chi connectivity index (χ3n) is 16.5. The van der Waals surface area contributed by atoms with Gasteiger partial charge in [0.1, 0.15) is 73.2 Å². The summed E-state index contributed by atoms with van der Waals surface area (Å²) >= 11 is 0. The van der Waals surface area contributed by atoms with Gasteiger partial charge in [-0.3, -0.25) is 4.79 Å². The molecule has 3 aliphatic rings. The van der Waals surface area contributed by atoms with E-state index in [2.05, 4.69) is 79.9 Å². The smallest absolute Gasteiger partial charge is 0.220 e. The molecule has 87 heavy (non-hydrogen) atoms. The molecule has 17 atom stereocenters. The molecular weight excluding hydrogens is 1120 g/mol. The predicted octanol–water partition coefficient (Wildman–Crippen LogP) is 8.16. The molecule has 1 amide bonds. The van der Waals surface area contributed by atoms with E-state index in [9.17, 15) is 61.0 Å². The van der Waals surface area contributed by atoms with Gasteiger partial charge in [-0.15, -0.1) is 0 Å². The lowest BCUT2D eigenvalue weighted by Gasteiger charge is -2.48. The fourth-order valence-corrected chi connectivity index (χ4v) is 11.0. The number of aliphatic hydroxyl groups excluding tert-OH is 11. The second kappa shape index (κ2) is 49.9. The molecule has 0 saturated carbocycles. The number of amides is 1. The van der Waals surface area contributed by atoms with Crippen LogP contribution in [0.25, 0.3) is 0 Å². The number of aliphatic hydroxyl groups is 11. The van der Waals surface area contributed by atoms with E-state index in [0.29, 0.717) is 6.42 Å². The molecule has 17 unspecified atom stereocenters. The Hall–Kier alpha value is -2.77. The minimum Gasteiger partial charge on any atom is -0.394 e. The minimum absolute atomic E-state index is 0.227. The number of unbranched alkanes of at least 4 members (excludes halogenated alkanes) is 24. The normalized spacial score (nSPS) is 29.0. The van der Waals surface area contributed by atoms with Gasteiger partial charge in [0.2, 0.25) is 5.91 Å². The first kappa shape index (κ1) is 78.5. The molecule has 504 valence electrons. The Morgan fingerprint density at radius 2 is 0.793 bits per heavy atom. The molecule has 12 N–H and O–H groups in total. The summed E-state index contributed by atoms with van der Waals surface area (Å²) in [5, 5.41) is 120. The summed E-state index contributed by atoms with van der Waals surface area (Å²) in [6.07, 6.45) is 34.3. The van der Waals surface area contributed by atoms with Gasteiger partial charge < -0.3 is 89.9 Å². The Labute approximate surface area is 521 Å². The van der Waals surface area contributed by atoms with E-state index >= 15 is 0 Å². The van der Waals surface area contributed by atoms with Crippen molar-refractivity contribution in [2.45, 2.75) is 324 Å². The summed E-state index contributed by atoms with van der Waals surface area (Å²) in [6, 6.07) is -0.984. The number of rotatable bonds is 50. The van der Waals surface area contributed by atoms with Gasteiger partial charge in [-0.25, -0.2) is 0 Å². The van der Waals surface area contributed by atoms with E-state index in [1.165, 1.54) is 89.9 Å². The molecule has 0 aliphatic carbocycles. The van der Waals surface area contributed by atoms with Crippen molar-refractivity contribution in [2.75, 3.05) is 26.4 Å². The van der Waals surface area contributed by atoms with Crippen LogP contribution < -0.4 is 5.32 Å². The molecule has 3 fully saturated rings. The summed E-state index contributed by atoms with van der Waals surface area (Å²) in [6.45, 7) is 1.61. The fraction of sp³-hybridized carbons (Fsp3) is 0.809. The molecule has 3 saturated heterocycles. The highest BCUT2D eigenvalue weighted by Gasteiger charge is 2.53. The van der Waals surface area contributed by atoms with Gasteiger partial charge in [-0.1, -0.05) is 222 Å². The summed E-state index contributed by atoms with van der Waals surface area (Å²) < 4.78 is 34.3. The Bertz CT molecular complexity index is 1860.